The molecular weight excluding hydrogens is 198 g/mol. The first kappa shape index (κ1) is 9.49. The average molecular weight is 210 g/mol. The van der Waals surface area contributed by atoms with E-state index < -0.39 is 0 Å². The number of H-pyrrole nitrogens is 1. The third kappa shape index (κ3) is 1.61. The van der Waals surface area contributed by atoms with Gasteiger partial charge in [-0.3, -0.25) is 0 Å². The number of halogens is 1. The third-order valence-electron chi connectivity index (χ3n) is 2.25. The standard InChI is InChI=1S/C10H12ClN3/c1-2-7(12)10-13-8-4-3-6(11)5-9(8)14-10/h3-5,7H,2,12H2,1H3,(H,13,14). The Kier molecular flexibility index (Phi) is 2.44. The summed E-state index contributed by atoms with van der Waals surface area (Å²) in [7, 11) is 0. The van der Waals surface area contributed by atoms with Crippen LogP contribution in [0.4, 0.5) is 0 Å². The van der Waals surface area contributed by atoms with Crippen LogP contribution in [0.25, 0.3) is 11.0 Å². The molecule has 0 aliphatic heterocycles. The summed E-state index contributed by atoms with van der Waals surface area (Å²) in [5.41, 5.74) is 7.72. The van der Waals surface area contributed by atoms with Gasteiger partial charge in [0.1, 0.15) is 5.82 Å². The molecular formula is C10H12ClN3. The number of nitrogens with zero attached hydrogens (tertiary/aromatic N) is 1. The van der Waals surface area contributed by atoms with Crippen LogP contribution >= 0.6 is 11.6 Å². The lowest BCUT2D eigenvalue weighted by atomic mass is 10.2. The Morgan fingerprint density at radius 1 is 1.57 bits per heavy atom. The summed E-state index contributed by atoms with van der Waals surface area (Å²) in [6, 6.07) is 5.54. The van der Waals surface area contributed by atoms with Crippen molar-refractivity contribution in [3.8, 4) is 0 Å². The Labute approximate surface area is 87.3 Å². The van der Waals surface area contributed by atoms with Gasteiger partial charge in [0, 0.05) is 5.02 Å². The lowest BCUT2D eigenvalue weighted by molar-refractivity contribution is 0.660. The van der Waals surface area contributed by atoms with Crippen molar-refractivity contribution >= 4 is 22.6 Å². The van der Waals surface area contributed by atoms with Crippen LogP contribution in [-0.2, 0) is 0 Å². The number of fused-ring (bicyclic) bond motifs is 1. The third-order valence-corrected chi connectivity index (χ3v) is 2.49. The summed E-state index contributed by atoms with van der Waals surface area (Å²) in [6.07, 6.45) is 0.869. The molecule has 74 valence electrons. The fraction of sp³-hybridized carbons (Fsp3) is 0.300. The van der Waals surface area contributed by atoms with Crippen molar-refractivity contribution in [2.75, 3.05) is 0 Å². The van der Waals surface area contributed by atoms with Gasteiger partial charge in [-0.25, -0.2) is 4.98 Å². The predicted molar refractivity (Wildman–Crippen MR) is 58.3 cm³/mol. The van der Waals surface area contributed by atoms with Crippen LogP contribution in [0.1, 0.15) is 25.2 Å². The smallest absolute Gasteiger partial charge is 0.124 e. The zero-order valence-electron chi connectivity index (χ0n) is 7.92. The zero-order valence-corrected chi connectivity index (χ0v) is 8.67. The molecule has 2 rings (SSSR count). The Hall–Kier alpha value is -1.06. The summed E-state index contributed by atoms with van der Waals surface area (Å²) in [6.45, 7) is 2.03. The van der Waals surface area contributed by atoms with Gasteiger partial charge in [0.15, 0.2) is 0 Å². The van der Waals surface area contributed by atoms with Gasteiger partial charge in [-0.15, -0.1) is 0 Å². The molecule has 0 aliphatic rings. The van der Waals surface area contributed by atoms with Gasteiger partial charge >= 0.3 is 0 Å². The van der Waals surface area contributed by atoms with E-state index in [2.05, 4.69) is 9.97 Å². The van der Waals surface area contributed by atoms with Crippen molar-refractivity contribution in [2.45, 2.75) is 19.4 Å². The molecule has 0 spiro atoms. The van der Waals surface area contributed by atoms with Crippen molar-refractivity contribution in [3.05, 3.63) is 29.0 Å². The van der Waals surface area contributed by atoms with Crippen molar-refractivity contribution in [1.82, 2.24) is 9.97 Å². The van der Waals surface area contributed by atoms with Crippen molar-refractivity contribution in [2.24, 2.45) is 5.73 Å². The highest BCUT2D eigenvalue weighted by atomic mass is 35.5. The number of nitrogens with two attached hydrogens (primary N) is 1. The SMILES string of the molecule is CCC(N)c1nc2ccc(Cl)cc2[nH]1. The highest BCUT2D eigenvalue weighted by molar-refractivity contribution is 6.31. The highest BCUT2D eigenvalue weighted by Crippen LogP contribution is 2.19. The van der Waals surface area contributed by atoms with Crippen molar-refractivity contribution in [1.29, 1.82) is 0 Å². The number of benzene rings is 1. The van der Waals surface area contributed by atoms with E-state index in [1.54, 1.807) is 0 Å². The second-order valence-electron chi connectivity index (χ2n) is 3.30. The first-order chi connectivity index (χ1) is 6.70. The van der Waals surface area contributed by atoms with Crippen LogP contribution in [0.3, 0.4) is 0 Å². The number of hydrogen-bond acceptors (Lipinski definition) is 2. The predicted octanol–water partition coefficient (Wildman–Crippen LogP) is 2.63. The van der Waals surface area contributed by atoms with E-state index >= 15 is 0 Å². The quantitative estimate of drug-likeness (QED) is 0.799. The molecule has 0 fully saturated rings. The minimum absolute atomic E-state index is 0.0267. The van der Waals surface area contributed by atoms with Crippen LogP contribution in [0.2, 0.25) is 5.02 Å². The molecule has 0 saturated heterocycles. The molecule has 0 saturated carbocycles. The second-order valence-corrected chi connectivity index (χ2v) is 3.73. The molecule has 14 heavy (non-hydrogen) atoms. The number of aromatic nitrogens is 2. The maximum absolute atomic E-state index is 5.87. The van der Waals surface area contributed by atoms with Gasteiger partial charge in [0.25, 0.3) is 0 Å². The van der Waals surface area contributed by atoms with E-state index in [4.69, 9.17) is 17.3 Å². The molecule has 1 aromatic heterocycles. The van der Waals surface area contributed by atoms with Crippen molar-refractivity contribution < 1.29 is 0 Å². The van der Waals surface area contributed by atoms with E-state index in [1.807, 2.05) is 25.1 Å². The van der Waals surface area contributed by atoms with Gasteiger partial charge in [-0.1, -0.05) is 18.5 Å². The lowest BCUT2D eigenvalue weighted by Gasteiger charge is -2.02. The lowest BCUT2D eigenvalue weighted by Crippen LogP contribution is -2.10. The first-order valence-corrected chi connectivity index (χ1v) is 4.99. The highest BCUT2D eigenvalue weighted by Gasteiger charge is 2.08. The Balaban J connectivity index is 2.51. The number of rotatable bonds is 2. The van der Waals surface area contributed by atoms with E-state index in [-0.39, 0.29) is 6.04 Å². The van der Waals surface area contributed by atoms with Crippen LogP contribution in [0.5, 0.6) is 0 Å². The maximum Gasteiger partial charge on any atom is 0.124 e. The van der Waals surface area contributed by atoms with E-state index in [9.17, 15) is 0 Å². The van der Waals surface area contributed by atoms with Crippen LogP contribution in [-0.4, -0.2) is 9.97 Å². The molecule has 1 aromatic carbocycles. The van der Waals surface area contributed by atoms with Gasteiger partial charge in [-0.2, -0.15) is 0 Å². The van der Waals surface area contributed by atoms with Crippen LogP contribution in [0.15, 0.2) is 18.2 Å². The van der Waals surface area contributed by atoms with Crippen LogP contribution in [0, 0.1) is 0 Å². The molecule has 1 atom stereocenters. The van der Waals surface area contributed by atoms with E-state index in [0.29, 0.717) is 5.02 Å². The average Bonchev–Trinajstić information content (AvgIpc) is 2.59. The fourth-order valence-electron chi connectivity index (χ4n) is 1.37. The van der Waals surface area contributed by atoms with Gasteiger partial charge in [0.05, 0.1) is 17.1 Å². The summed E-state index contributed by atoms with van der Waals surface area (Å²) in [5.74, 6) is 0.824. The Morgan fingerprint density at radius 2 is 2.36 bits per heavy atom. The Bertz CT molecular complexity index is 450. The van der Waals surface area contributed by atoms with Crippen molar-refractivity contribution in [3.63, 3.8) is 0 Å². The zero-order chi connectivity index (χ0) is 10.1. The van der Waals surface area contributed by atoms with Crippen LogP contribution < -0.4 is 5.73 Å². The summed E-state index contributed by atoms with van der Waals surface area (Å²) in [5, 5.41) is 0.706. The normalized spacial score (nSPS) is 13.4. The van der Waals surface area contributed by atoms with E-state index in [0.717, 1.165) is 23.3 Å². The molecule has 3 N–H and O–H groups in total. The molecule has 0 bridgehead atoms. The molecule has 0 amide bonds. The molecule has 2 aromatic rings. The molecule has 4 heteroatoms. The summed E-state index contributed by atoms with van der Waals surface area (Å²) >= 11 is 5.86. The van der Waals surface area contributed by atoms with Gasteiger partial charge in [0.2, 0.25) is 0 Å². The minimum Gasteiger partial charge on any atom is -0.341 e. The second kappa shape index (κ2) is 3.59. The van der Waals surface area contributed by atoms with Gasteiger partial charge < -0.3 is 10.7 Å². The molecule has 1 heterocycles. The molecule has 0 radical (unpaired) electrons. The largest absolute Gasteiger partial charge is 0.341 e. The minimum atomic E-state index is -0.0267. The summed E-state index contributed by atoms with van der Waals surface area (Å²) in [4.78, 5) is 7.55. The molecule has 0 aliphatic carbocycles. The maximum atomic E-state index is 5.87. The number of nitrogens with one attached hydrogen (secondary N) is 1. The van der Waals surface area contributed by atoms with Gasteiger partial charge in [-0.05, 0) is 24.6 Å². The van der Waals surface area contributed by atoms with E-state index in [1.165, 1.54) is 0 Å². The first-order valence-electron chi connectivity index (χ1n) is 4.61. The molecule has 1 unspecified atom stereocenters. The summed E-state index contributed by atoms with van der Waals surface area (Å²) < 4.78 is 0. The number of aromatic amines is 1. The monoisotopic (exact) mass is 209 g/mol. The number of hydrogen-bond donors (Lipinski definition) is 2. The fourth-order valence-corrected chi connectivity index (χ4v) is 1.54. The Morgan fingerprint density at radius 3 is 3.07 bits per heavy atom. The number of imidazole rings is 1. The molecule has 3 nitrogen and oxygen atoms in total. The topological polar surface area (TPSA) is 54.7 Å².